The molecule has 2 aromatic heterocycles. The van der Waals surface area contributed by atoms with Gasteiger partial charge in [0.1, 0.15) is 23.1 Å². The van der Waals surface area contributed by atoms with Crippen molar-refractivity contribution < 1.29 is 31.5 Å². The minimum Gasteiger partial charge on any atom is -0.497 e. The normalized spacial score (nSPS) is 14.6. The monoisotopic (exact) mass is 569 g/mol. The molecule has 208 valence electrons. The Morgan fingerprint density at radius 1 is 1.12 bits per heavy atom. The predicted octanol–water partition coefficient (Wildman–Crippen LogP) is 4.14. The lowest BCUT2D eigenvalue weighted by Crippen LogP contribution is -2.40. The van der Waals surface area contributed by atoms with Crippen molar-refractivity contribution in [3.8, 4) is 5.75 Å². The average Bonchev–Trinajstić information content (AvgIpc) is 3.62. The third-order valence-corrected chi connectivity index (χ3v) is 8.83. The highest BCUT2D eigenvalue weighted by atomic mass is 32.2. The highest BCUT2D eigenvalue weighted by Crippen LogP contribution is 2.43. The molecule has 4 aromatic rings. The number of anilines is 1. The van der Waals surface area contributed by atoms with Crippen LogP contribution in [0.25, 0.3) is 0 Å². The van der Waals surface area contributed by atoms with E-state index in [9.17, 15) is 26.8 Å². The molecule has 0 unspecified atom stereocenters. The molecule has 0 radical (unpaired) electrons. The van der Waals surface area contributed by atoms with Gasteiger partial charge < -0.3 is 15.0 Å². The number of aromatic nitrogens is 3. The number of hydrogen-bond acceptors (Lipinski definition) is 6. The number of sulfonamides is 1. The van der Waals surface area contributed by atoms with E-state index in [4.69, 9.17) is 4.74 Å². The quantitative estimate of drug-likeness (QED) is 0.273. The van der Waals surface area contributed by atoms with Crippen molar-refractivity contribution >= 4 is 27.4 Å². The van der Waals surface area contributed by atoms with Gasteiger partial charge in [-0.15, -0.1) is 0 Å². The van der Waals surface area contributed by atoms with Gasteiger partial charge in [0.25, 0.3) is 5.91 Å². The van der Waals surface area contributed by atoms with Gasteiger partial charge in [0, 0.05) is 41.7 Å². The summed E-state index contributed by atoms with van der Waals surface area (Å²) in [6.45, 7) is 3.08. The molecule has 1 amide bonds. The first-order valence-electron chi connectivity index (χ1n) is 12.1. The first kappa shape index (κ1) is 27.2. The Morgan fingerprint density at radius 3 is 2.50 bits per heavy atom. The number of halogens is 2. The zero-order valence-electron chi connectivity index (χ0n) is 21.7. The lowest BCUT2D eigenvalue weighted by atomic mass is 9.98. The number of nitrogens with zero attached hydrogens (tertiary/aromatic N) is 2. The van der Waals surface area contributed by atoms with Crippen molar-refractivity contribution in [2.45, 2.75) is 37.2 Å². The fourth-order valence-electron chi connectivity index (χ4n) is 4.79. The van der Waals surface area contributed by atoms with Gasteiger partial charge in [-0.25, -0.2) is 17.2 Å². The number of carbonyl (C=O) groups is 2. The number of aromatic amines is 2. The summed E-state index contributed by atoms with van der Waals surface area (Å²) in [6, 6.07) is 10.0. The van der Waals surface area contributed by atoms with Crippen LogP contribution in [0.2, 0.25) is 0 Å². The first-order valence-corrected chi connectivity index (χ1v) is 13.6. The molecule has 3 N–H and O–H groups in total. The highest BCUT2D eigenvalue weighted by Gasteiger charge is 2.48. The largest absolute Gasteiger partial charge is 0.497 e. The number of rotatable bonds is 8. The van der Waals surface area contributed by atoms with E-state index in [2.05, 4.69) is 20.5 Å². The van der Waals surface area contributed by atoms with Crippen LogP contribution in [-0.2, 0) is 28.5 Å². The summed E-state index contributed by atoms with van der Waals surface area (Å²) in [5, 5.41) is 9.86. The fraction of sp³-hybridized carbons (Fsp3) is 0.222. The second kappa shape index (κ2) is 9.99. The molecule has 0 aliphatic carbocycles. The van der Waals surface area contributed by atoms with Crippen LogP contribution in [0.1, 0.15) is 51.6 Å². The number of Topliss-reactive ketones (excluding diaryl/α,β-unsaturated/α-hetero) is 1. The van der Waals surface area contributed by atoms with Gasteiger partial charge in [0.05, 0.1) is 35.3 Å². The van der Waals surface area contributed by atoms with Crippen LogP contribution in [0.5, 0.6) is 5.75 Å². The van der Waals surface area contributed by atoms with Crippen molar-refractivity contribution in [1.82, 2.24) is 19.5 Å². The summed E-state index contributed by atoms with van der Waals surface area (Å²) in [7, 11) is -2.87. The molecular formula is C27H25F2N5O5S. The number of benzene rings is 2. The van der Waals surface area contributed by atoms with Gasteiger partial charge in [-0.1, -0.05) is 0 Å². The molecule has 0 atom stereocenters. The van der Waals surface area contributed by atoms with E-state index in [1.165, 1.54) is 19.2 Å². The molecule has 5 rings (SSSR count). The molecule has 3 heterocycles. The van der Waals surface area contributed by atoms with Gasteiger partial charge in [-0.2, -0.15) is 9.40 Å². The molecule has 0 saturated heterocycles. The molecule has 40 heavy (non-hydrogen) atoms. The summed E-state index contributed by atoms with van der Waals surface area (Å²) in [5.74, 6) is -2.43. The number of ether oxygens (including phenoxy) is 1. The average molecular weight is 570 g/mol. The maximum atomic E-state index is 13.8. The van der Waals surface area contributed by atoms with Gasteiger partial charge in [0.2, 0.25) is 10.0 Å². The van der Waals surface area contributed by atoms with Crippen LogP contribution in [0.15, 0.2) is 59.6 Å². The van der Waals surface area contributed by atoms with E-state index in [0.717, 1.165) is 16.4 Å². The smallest absolute Gasteiger partial charge is 0.272 e. The zero-order chi connectivity index (χ0) is 28.8. The number of fused-ring (bicyclic) bond motifs is 1. The first-order chi connectivity index (χ1) is 18.9. The Morgan fingerprint density at radius 2 is 1.85 bits per heavy atom. The molecule has 0 saturated carbocycles. The second-order valence-electron chi connectivity index (χ2n) is 9.75. The van der Waals surface area contributed by atoms with Crippen molar-refractivity contribution in [2.24, 2.45) is 0 Å². The van der Waals surface area contributed by atoms with Gasteiger partial charge in [-0.3, -0.25) is 14.7 Å². The predicted molar refractivity (Wildman–Crippen MR) is 140 cm³/mol. The number of H-pyrrole nitrogens is 2. The number of hydrogen-bond donors (Lipinski definition) is 3. The second-order valence-corrected chi connectivity index (χ2v) is 11.6. The molecule has 13 heteroatoms. The maximum absolute atomic E-state index is 13.8. The summed E-state index contributed by atoms with van der Waals surface area (Å²) in [6.07, 6.45) is 1.42. The molecule has 0 spiro atoms. The number of carbonyl (C=O) groups excluding carboxylic acids is 2. The third kappa shape index (κ3) is 4.77. The molecule has 1 aliphatic heterocycles. The number of nitrogens with one attached hydrogen (secondary N) is 3. The molecule has 1 aliphatic rings. The minimum absolute atomic E-state index is 0.166. The molecule has 2 aromatic carbocycles. The van der Waals surface area contributed by atoms with Gasteiger partial charge in [0.15, 0.2) is 5.78 Å². The Labute approximate surface area is 228 Å². The molecular weight excluding hydrogens is 544 g/mol. The fourth-order valence-corrected chi connectivity index (χ4v) is 6.55. The summed E-state index contributed by atoms with van der Waals surface area (Å²) >= 11 is 0. The van der Waals surface area contributed by atoms with E-state index < -0.39 is 38.0 Å². The molecule has 10 nitrogen and oxygen atoms in total. The van der Waals surface area contributed by atoms with E-state index in [0.29, 0.717) is 34.5 Å². The zero-order valence-corrected chi connectivity index (χ0v) is 22.5. The van der Waals surface area contributed by atoms with Crippen LogP contribution in [0.3, 0.4) is 0 Å². The van der Waals surface area contributed by atoms with Gasteiger partial charge in [-0.05, 0) is 50.2 Å². The Balaban J connectivity index is 1.44. The SMILES string of the molecule is COc1ccc(C(=O)Cc2[nH]nc3c2CN(S(=O)(=O)c2cc(F)cc(F)c2)C3(C)C)c(NC(=O)c2ccc[nH]2)c1. The number of methoxy groups -OCH3 is 1. The van der Waals surface area contributed by atoms with Crippen molar-refractivity contribution in [1.29, 1.82) is 0 Å². The highest BCUT2D eigenvalue weighted by molar-refractivity contribution is 7.89. The maximum Gasteiger partial charge on any atom is 0.272 e. The molecule has 0 fully saturated rings. The summed E-state index contributed by atoms with van der Waals surface area (Å²) in [5.41, 5.74) is 0.834. The van der Waals surface area contributed by atoms with Crippen LogP contribution < -0.4 is 10.1 Å². The van der Waals surface area contributed by atoms with Crippen molar-refractivity contribution in [3.05, 3.63) is 94.6 Å². The standard InChI is InChI=1S/C27H25F2N5O5S/c1-27(2)25-20(14-34(27)40(37,38)18-10-15(28)9-16(29)11-18)23(32-33-25)13-24(35)19-7-6-17(39-3)12-22(19)31-26(36)21-5-4-8-30-21/h4-12,30H,13-14H2,1-3H3,(H,31,36)(H,32,33). The van der Waals surface area contributed by atoms with Crippen molar-refractivity contribution in [2.75, 3.05) is 12.4 Å². The van der Waals surface area contributed by atoms with Crippen LogP contribution in [-0.4, -0.2) is 46.7 Å². The number of amides is 1. The van der Waals surface area contributed by atoms with E-state index >= 15 is 0 Å². The summed E-state index contributed by atoms with van der Waals surface area (Å²) < 4.78 is 60.8. The van der Waals surface area contributed by atoms with Crippen LogP contribution in [0.4, 0.5) is 14.5 Å². The van der Waals surface area contributed by atoms with E-state index in [1.54, 1.807) is 38.2 Å². The summed E-state index contributed by atoms with van der Waals surface area (Å²) in [4.78, 5) is 28.4. The third-order valence-electron chi connectivity index (χ3n) is 6.84. The number of ketones is 1. The van der Waals surface area contributed by atoms with Crippen molar-refractivity contribution in [3.63, 3.8) is 0 Å². The molecule has 0 bridgehead atoms. The minimum atomic E-state index is -4.33. The van der Waals surface area contributed by atoms with E-state index in [1.807, 2.05) is 0 Å². The lowest BCUT2D eigenvalue weighted by molar-refractivity contribution is 0.0992. The van der Waals surface area contributed by atoms with Gasteiger partial charge >= 0.3 is 0 Å². The topological polar surface area (TPSA) is 137 Å². The Kier molecular flexibility index (Phi) is 6.80. The van der Waals surface area contributed by atoms with Crippen LogP contribution in [0, 0.1) is 11.6 Å². The van der Waals surface area contributed by atoms with Crippen LogP contribution >= 0.6 is 0 Å². The Bertz CT molecular complexity index is 1710. The van der Waals surface area contributed by atoms with E-state index in [-0.39, 0.29) is 30.0 Å². The Hall–Kier alpha value is -4.36. The lowest BCUT2D eigenvalue weighted by Gasteiger charge is -2.30.